The summed E-state index contributed by atoms with van der Waals surface area (Å²) in [5.74, 6) is -0.259. The molecule has 0 fully saturated rings. The van der Waals surface area contributed by atoms with Crippen molar-refractivity contribution in [1.82, 2.24) is 4.57 Å². The molecule has 0 aliphatic heterocycles. The summed E-state index contributed by atoms with van der Waals surface area (Å²) in [5.41, 5.74) is -2.29. The number of benzene rings is 2. The quantitative estimate of drug-likeness (QED) is 0.308. The lowest BCUT2D eigenvalue weighted by Gasteiger charge is -2.41. The third kappa shape index (κ3) is 4.60. The Bertz CT molecular complexity index is 1380. The van der Waals surface area contributed by atoms with Crippen molar-refractivity contribution in [3.05, 3.63) is 88.0 Å². The van der Waals surface area contributed by atoms with E-state index in [1.54, 1.807) is 56.3 Å². The van der Waals surface area contributed by atoms with Crippen LogP contribution in [0.1, 0.15) is 31.9 Å². The van der Waals surface area contributed by atoms with Crippen LogP contribution in [0.3, 0.4) is 0 Å². The molecule has 1 N–H and O–H groups in total. The monoisotopic (exact) mass is 501 g/mol. The van der Waals surface area contributed by atoms with Crippen LogP contribution in [-0.4, -0.2) is 28.6 Å². The normalized spacial score (nSPS) is 14.7. The molecule has 0 radical (unpaired) electrons. The highest BCUT2D eigenvalue weighted by Crippen LogP contribution is 2.49. The molecule has 4 nitrogen and oxygen atoms in total. The fraction of sp³-hybridized carbons (Fsp3) is 0.296. The summed E-state index contributed by atoms with van der Waals surface area (Å²) >= 11 is 1.46. The average Bonchev–Trinajstić information content (AvgIpc) is 3.35. The third-order valence-electron chi connectivity index (χ3n) is 6.11. The van der Waals surface area contributed by atoms with Crippen molar-refractivity contribution in [1.29, 1.82) is 0 Å². The van der Waals surface area contributed by atoms with Crippen LogP contribution in [0, 0.1) is 5.92 Å². The molecule has 2 atom stereocenters. The van der Waals surface area contributed by atoms with Gasteiger partial charge in [0.15, 0.2) is 11.0 Å². The number of aliphatic hydroxyl groups is 1. The van der Waals surface area contributed by atoms with Gasteiger partial charge in [0.2, 0.25) is 0 Å². The van der Waals surface area contributed by atoms with Gasteiger partial charge in [0.05, 0.1) is 18.7 Å². The van der Waals surface area contributed by atoms with Crippen molar-refractivity contribution < 1.29 is 23.0 Å². The molecule has 2 heterocycles. The van der Waals surface area contributed by atoms with E-state index in [1.165, 1.54) is 35.3 Å². The molecule has 0 saturated carbocycles. The number of alkyl halides is 3. The molecule has 0 bridgehead atoms. The Morgan fingerprint density at radius 3 is 2.43 bits per heavy atom. The van der Waals surface area contributed by atoms with E-state index in [4.69, 9.17) is 4.74 Å². The largest absolute Gasteiger partial charge is 0.496 e. The highest BCUT2D eigenvalue weighted by atomic mass is 32.1. The van der Waals surface area contributed by atoms with Gasteiger partial charge in [-0.2, -0.15) is 13.2 Å². The molecule has 184 valence electrons. The van der Waals surface area contributed by atoms with Crippen LogP contribution < -0.4 is 10.2 Å². The van der Waals surface area contributed by atoms with E-state index in [9.17, 15) is 23.1 Å². The van der Waals surface area contributed by atoms with Gasteiger partial charge in [-0.25, -0.2) is 0 Å². The second-order valence-corrected chi connectivity index (χ2v) is 9.91. The van der Waals surface area contributed by atoms with E-state index in [0.717, 1.165) is 4.88 Å². The van der Waals surface area contributed by atoms with Gasteiger partial charge in [0.25, 0.3) is 0 Å². The van der Waals surface area contributed by atoms with Crippen LogP contribution in [0.5, 0.6) is 5.75 Å². The number of ether oxygens (including phenoxy) is 1. The summed E-state index contributed by atoms with van der Waals surface area (Å²) in [6.07, 6.45) is -4.20. The second-order valence-electron chi connectivity index (χ2n) is 8.96. The maximum Gasteiger partial charge on any atom is 0.419 e. The summed E-state index contributed by atoms with van der Waals surface area (Å²) in [4.78, 5) is 13.4. The summed E-state index contributed by atoms with van der Waals surface area (Å²) < 4.78 is 51.3. The van der Waals surface area contributed by atoms with Crippen LogP contribution >= 0.6 is 11.3 Å². The van der Waals surface area contributed by atoms with Crippen LogP contribution in [0.25, 0.3) is 21.3 Å². The summed E-state index contributed by atoms with van der Waals surface area (Å²) in [6.45, 7) is 3.27. The molecule has 2 aromatic heterocycles. The van der Waals surface area contributed by atoms with Crippen LogP contribution in [-0.2, 0) is 0 Å². The van der Waals surface area contributed by atoms with Gasteiger partial charge in [-0.05, 0) is 59.7 Å². The first-order valence-corrected chi connectivity index (χ1v) is 12.1. The van der Waals surface area contributed by atoms with Gasteiger partial charge in [0.1, 0.15) is 5.75 Å². The van der Waals surface area contributed by atoms with Crippen LogP contribution in [0.4, 0.5) is 13.2 Å². The number of thiophene rings is 1. The SMILES string of the molecule is COc1ccc(-c2cccs2)cc1C(n1ccc(=O)c2ccccc21)C(O)(CC(C)C)C(F)(F)F. The molecule has 2 unspecified atom stereocenters. The predicted molar refractivity (Wildman–Crippen MR) is 133 cm³/mol. The second kappa shape index (κ2) is 9.51. The van der Waals surface area contributed by atoms with E-state index in [-0.39, 0.29) is 22.1 Å². The van der Waals surface area contributed by atoms with Crippen LogP contribution in [0.2, 0.25) is 0 Å². The molecule has 8 heteroatoms. The first kappa shape index (κ1) is 25.0. The highest BCUT2D eigenvalue weighted by molar-refractivity contribution is 7.13. The maximum absolute atomic E-state index is 14.8. The maximum atomic E-state index is 14.8. The smallest absolute Gasteiger partial charge is 0.419 e. The molecule has 4 aromatic rings. The van der Waals surface area contributed by atoms with Gasteiger partial charge in [0, 0.05) is 28.1 Å². The van der Waals surface area contributed by atoms with Gasteiger partial charge in [-0.1, -0.05) is 32.0 Å². The Hall–Kier alpha value is -3.10. The van der Waals surface area contributed by atoms with E-state index in [1.807, 2.05) is 17.5 Å². The lowest BCUT2D eigenvalue weighted by Crippen LogP contribution is -2.53. The minimum absolute atomic E-state index is 0.174. The predicted octanol–water partition coefficient (Wildman–Crippen LogP) is 6.67. The zero-order chi connectivity index (χ0) is 25.4. The number of rotatable bonds is 7. The molecule has 0 aliphatic rings. The van der Waals surface area contributed by atoms with Gasteiger partial charge < -0.3 is 14.4 Å². The molecule has 35 heavy (non-hydrogen) atoms. The van der Waals surface area contributed by atoms with E-state index >= 15 is 0 Å². The molecule has 0 saturated heterocycles. The first-order valence-electron chi connectivity index (χ1n) is 11.2. The number of aromatic nitrogens is 1. The summed E-state index contributed by atoms with van der Waals surface area (Å²) in [5, 5.41) is 13.7. The number of methoxy groups -OCH3 is 1. The number of pyridine rings is 1. The van der Waals surface area contributed by atoms with Gasteiger partial charge >= 0.3 is 6.18 Å². The fourth-order valence-corrected chi connectivity index (χ4v) is 5.36. The molecule has 0 aliphatic carbocycles. The molecule has 4 rings (SSSR count). The minimum Gasteiger partial charge on any atom is -0.496 e. The van der Waals surface area contributed by atoms with Crippen molar-refractivity contribution in [2.75, 3.05) is 7.11 Å². The number of para-hydroxylation sites is 1. The number of nitrogens with zero attached hydrogens (tertiary/aromatic N) is 1. The number of hydrogen-bond donors (Lipinski definition) is 1. The van der Waals surface area contributed by atoms with Crippen molar-refractivity contribution in [2.45, 2.75) is 38.1 Å². The van der Waals surface area contributed by atoms with Crippen LogP contribution in [0.15, 0.2) is 77.0 Å². The Balaban J connectivity index is 2.11. The molecular formula is C27H26F3NO3S. The zero-order valence-corrected chi connectivity index (χ0v) is 20.4. The topological polar surface area (TPSA) is 51.5 Å². The Morgan fingerprint density at radius 2 is 1.80 bits per heavy atom. The molecule has 2 aromatic carbocycles. The van der Waals surface area contributed by atoms with Crippen molar-refractivity contribution in [2.24, 2.45) is 5.92 Å². The standard InChI is InChI=1S/C27H26F3NO3S/c1-17(2)16-26(33,27(28,29)30)25(31-13-12-22(32)19-7-4-5-8-21(19)31)20-15-18(10-11-23(20)34-3)24-9-6-14-35-24/h4-15,17,25,33H,16H2,1-3H3. The van der Waals surface area contributed by atoms with E-state index in [0.29, 0.717) is 11.1 Å². The number of hydrogen-bond acceptors (Lipinski definition) is 4. The number of halogens is 3. The third-order valence-corrected chi connectivity index (χ3v) is 7.02. The van der Waals surface area contributed by atoms with E-state index < -0.39 is 30.2 Å². The minimum atomic E-state index is -4.98. The first-order chi connectivity index (χ1) is 16.6. The highest BCUT2D eigenvalue weighted by Gasteiger charge is 2.60. The fourth-order valence-electron chi connectivity index (χ4n) is 4.64. The number of fused-ring (bicyclic) bond motifs is 1. The molecular weight excluding hydrogens is 475 g/mol. The van der Waals surface area contributed by atoms with Crippen molar-refractivity contribution in [3.63, 3.8) is 0 Å². The molecule has 0 spiro atoms. The van der Waals surface area contributed by atoms with Gasteiger partial charge in [-0.15, -0.1) is 11.3 Å². The summed E-state index contributed by atoms with van der Waals surface area (Å²) in [7, 11) is 1.39. The van der Waals surface area contributed by atoms with E-state index in [2.05, 4.69) is 0 Å². The lowest BCUT2D eigenvalue weighted by molar-refractivity contribution is -0.277. The van der Waals surface area contributed by atoms with Gasteiger partial charge in [-0.3, -0.25) is 4.79 Å². The Labute approximate surface area is 205 Å². The Morgan fingerprint density at radius 1 is 1.06 bits per heavy atom. The molecule has 0 amide bonds. The van der Waals surface area contributed by atoms with Crippen molar-refractivity contribution >= 4 is 22.2 Å². The average molecular weight is 502 g/mol. The Kier molecular flexibility index (Phi) is 6.79. The van der Waals surface area contributed by atoms with Crippen molar-refractivity contribution in [3.8, 4) is 16.2 Å². The summed E-state index contributed by atoms with van der Waals surface area (Å²) in [6, 6.07) is 14.9. The lowest BCUT2D eigenvalue weighted by atomic mass is 9.80. The zero-order valence-electron chi connectivity index (χ0n) is 19.5.